The summed E-state index contributed by atoms with van der Waals surface area (Å²) < 4.78 is 5.76. The normalized spacial score (nSPS) is 35.6. The molecular weight excluding hydrogens is 456 g/mol. The highest BCUT2D eigenvalue weighted by Crippen LogP contribution is 2.63. The fourth-order valence-electron chi connectivity index (χ4n) is 7.31. The summed E-state index contributed by atoms with van der Waals surface area (Å²) in [6, 6.07) is 0. The van der Waals surface area contributed by atoms with Crippen LogP contribution < -0.4 is 0 Å². The number of Topliss-reactive ketones (excluding diaryl/α,β-unsaturated/α-hetero) is 1. The minimum atomic E-state index is -0.919. The molecule has 0 heterocycles. The summed E-state index contributed by atoms with van der Waals surface area (Å²) in [5, 5.41) is 10.9. The van der Waals surface area contributed by atoms with Gasteiger partial charge in [0.05, 0.1) is 0 Å². The molecule has 0 saturated heterocycles. The average molecular weight is 529 g/mol. The minimum Gasteiger partial charge on any atom is -0.365 e. The van der Waals surface area contributed by atoms with E-state index in [-0.39, 0.29) is 10.8 Å². The highest BCUT2D eigenvalue weighted by Gasteiger charge is 2.57. The highest BCUT2D eigenvalue weighted by molar-refractivity contribution is 5.82. The van der Waals surface area contributed by atoms with Gasteiger partial charge in [-0.25, -0.2) is 0 Å². The van der Waals surface area contributed by atoms with Gasteiger partial charge >= 0.3 is 0 Å². The number of rotatable bonds is 4. The SMILES string of the molecule is CC.CC.CC.CC.CCC.CCOC1(O)CCC2CCC3C(CC[C@](C)(C(C)=O)C3CC)C2(C)CC1. The Morgan fingerprint density at radius 3 is 1.73 bits per heavy atom. The van der Waals surface area contributed by atoms with Gasteiger partial charge in [0.2, 0.25) is 0 Å². The quantitative estimate of drug-likeness (QED) is 0.369. The number of ketones is 1. The number of fused-ring (bicyclic) bond motifs is 3. The van der Waals surface area contributed by atoms with E-state index in [0.717, 1.165) is 38.5 Å². The van der Waals surface area contributed by atoms with Crippen LogP contribution in [0.4, 0.5) is 0 Å². The minimum absolute atomic E-state index is 0.129. The maximum Gasteiger partial charge on any atom is 0.165 e. The van der Waals surface area contributed by atoms with Crippen LogP contribution in [0.3, 0.4) is 0 Å². The molecule has 0 spiro atoms. The third-order valence-electron chi connectivity index (χ3n) is 9.05. The predicted molar refractivity (Wildman–Crippen MR) is 166 cm³/mol. The molecular formula is C34H72O3. The zero-order valence-corrected chi connectivity index (χ0v) is 28.4. The second kappa shape index (κ2) is 21.4. The lowest BCUT2D eigenvalue weighted by molar-refractivity contribution is -0.209. The predicted octanol–water partition coefficient (Wildman–Crippen LogP) is 10.9. The van der Waals surface area contributed by atoms with Gasteiger partial charge < -0.3 is 9.84 Å². The largest absolute Gasteiger partial charge is 0.365 e. The summed E-state index contributed by atoms with van der Waals surface area (Å²) in [6.07, 6.45) is 10.8. The molecule has 3 rings (SSSR count). The van der Waals surface area contributed by atoms with Crippen LogP contribution in [0.15, 0.2) is 0 Å². The van der Waals surface area contributed by atoms with Crippen LogP contribution in [0.5, 0.6) is 0 Å². The monoisotopic (exact) mass is 529 g/mol. The van der Waals surface area contributed by atoms with Gasteiger partial charge in [-0.2, -0.15) is 0 Å². The molecule has 0 amide bonds. The van der Waals surface area contributed by atoms with Crippen molar-refractivity contribution in [1.82, 2.24) is 0 Å². The first-order valence-electron chi connectivity index (χ1n) is 16.5. The Morgan fingerprint density at radius 1 is 0.784 bits per heavy atom. The van der Waals surface area contributed by atoms with Crippen molar-refractivity contribution in [3.63, 3.8) is 0 Å². The summed E-state index contributed by atoms with van der Waals surface area (Å²) in [4.78, 5) is 12.5. The maximum atomic E-state index is 12.5. The molecule has 3 nitrogen and oxygen atoms in total. The topological polar surface area (TPSA) is 46.5 Å². The zero-order chi connectivity index (χ0) is 29.9. The van der Waals surface area contributed by atoms with Crippen molar-refractivity contribution < 1.29 is 14.6 Å². The summed E-state index contributed by atoms with van der Waals surface area (Å²) >= 11 is 0. The molecule has 0 aliphatic heterocycles. The molecule has 3 aliphatic rings. The third kappa shape index (κ3) is 10.6. The van der Waals surface area contributed by atoms with Crippen LogP contribution in [0.25, 0.3) is 0 Å². The molecule has 0 aromatic carbocycles. The van der Waals surface area contributed by atoms with Crippen LogP contribution in [0.2, 0.25) is 0 Å². The van der Waals surface area contributed by atoms with E-state index in [0.29, 0.717) is 36.1 Å². The van der Waals surface area contributed by atoms with Crippen LogP contribution >= 0.6 is 0 Å². The highest BCUT2D eigenvalue weighted by atomic mass is 16.6. The van der Waals surface area contributed by atoms with Gasteiger partial charge in [-0.3, -0.25) is 4.79 Å². The van der Waals surface area contributed by atoms with Crippen LogP contribution in [0.1, 0.15) is 168 Å². The number of hydrogen-bond donors (Lipinski definition) is 1. The second-order valence-corrected chi connectivity index (χ2v) is 10.7. The molecule has 6 unspecified atom stereocenters. The average Bonchev–Trinajstić information content (AvgIpc) is 3.05. The molecule has 3 heteroatoms. The van der Waals surface area contributed by atoms with E-state index >= 15 is 0 Å². The lowest BCUT2D eigenvalue weighted by Gasteiger charge is -2.59. The first-order chi connectivity index (χ1) is 17.6. The number of carbonyl (C=O) groups is 1. The van der Waals surface area contributed by atoms with E-state index in [1.165, 1.54) is 25.7 Å². The number of ether oxygens (including phenoxy) is 1. The summed E-state index contributed by atoms with van der Waals surface area (Å²) in [5.41, 5.74) is 0.159. The first kappa shape index (κ1) is 41.1. The Kier molecular flexibility index (Phi) is 23.8. The standard InChI is InChI=1S/C23H40O3.C3H8.4C2H6/c1-6-19-18-9-8-17-10-13-23(25,26-7-2)15-14-22(17,5)20(18)11-12-21(19,4)16(3)24;1-3-2;4*1-2/h17-20,25H,6-15H2,1-5H3;3H2,1-2H3;4*1-2H3/t17?,18?,19?,20?,21-,22?,23?;;;;;/m1...../s1. The van der Waals surface area contributed by atoms with E-state index in [1.54, 1.807) is 0 Å². The van der Waals surface area contributed by atoms with Gasteiger partial charge in [-0.15, -0.1) is 0 Å². The Bertz CT molecular complexity index is 547. The van der Waals surface area contributed by atoms with Gasteiger partial charge in [0.25, 0.3) is 0 Å². The van der Waals surface area contributed by atoms with Crippen molar-refractivity contribution in [3.8, 4) is 0 Å². The summed E-state index contributed by atoms with van der Waals surface area (Å²) in [7, 11) is 0. The van der Waals surface area contributed by atoms with Crippen molar-refractivity contribution in [2.45, 2.75) is 174 Å². The lowest BCUT2D eigenvalue weighted by Crippen LogP contribution is -2.53. The van der Waals surface area contributed by atoms with Crippen molar-refractivity contribution in [1.29, 1.82) is 0 Å². The lowest BCUT2D eigenvalue weighted by atomic mass is 9.45. The molecule has 37 heavy (non-hydrogen) atoms. The Morgan fingerprint density at radius 2 is 1.30 bits per heavy atom. The molecule has 0 aromatic heterocycles. The molecule has 3 fully saturated rings. The third-order valence-corrected chi connectivity index (χ3v) is 9.05. The fourth-order valence-corrected chi connectivity index (χ4v) is 7.31. The van der Waals surface area contributed by atoms with Gasteiger partial charge in [-0.1, -0.05) is 103 Å². The smallest absolute Gasteiger partial charge is 0.165 e. The van der Waals surface area contributed by atoms with E-state index < -0.39 is 5.79 Å². The number of carbonyl (C=O) groups excluding carboxylic acids is 1. The van der Waals surface area contributed by atoms with Crippen molar-refractivity contribution >= 4 is 5.78 Å². The van der Waals surface area contributed by atoms with Crippen molar-refractivity contribution in [3.05, 3.63) is 0 Å². The van der Waals surface area contributed by atoms with Crippen LogP contribution in [0, 0.1) is 34.5 Å². The molecule has 0 radical (unpaired) electrons. The fraction of sp³-hybridized carbons (Fsp3) is 0.971. The summed E-state index contributed by atoms with van der Waals surface area (Å²) in [5.74, 6) is 2.05. The molecule has 3 saturated carbocycles. The van der Waals surface area contributed by atoms with E-state index in [4.69, 9.17) is 4.74 Å². The molecule has 3 aliphatic carbocycles. The summed E-state index contributed by atoms with van der Waals surface area (Å²) in [6.45, 7) is 31.6. The van der Waals surface area contributed by atoms with Gasteiger partial charge in [0, 0.05) is 24.9 Å². The Hall–Kier alpha value is -0.410. The van der Waals surface area contributed by atoms with Crippen molar-refractivity contribution in [2.75, 3.05) is 6.61 Å². The molecule has 0 aromatic rings. The molecule has 1 N–H and O–H groups in total. The molecule has 7 atom stereocenters. The van der Waals surface area contributed by atoms with Crippen molar-refractivity contribution in [2.24, 2.45) is 34.5 Å². The molecule has 226 valence electrons. The van der Waals surface area contributed by atoms with Gasteiger partial charge in [-0.05, 0) is 81.5 Å². The van der Waals surface area contributed by atoms with Crippen LogP contribution in [-0.4, -0.2) is 23.3 Å². The molecule has 0 bridgehead atoms. The van der Waals surface area contributed by atoms with E-state index in [9.17, 15) is 9.90 Å². The Balaban J connectivity index is -0.000000924. The maximum absolute atomic E-state index is 12.5. The number of aliphatic hydroxyl groups is 1. The zero-order valence-electron chi connectivity index (χ0n) is 28.4. The van der Waals surface area contributed by atoms with Gasteiger partial charge in [0.15, 0.2) is 5.79 Å². The Labute approximate surface area is 235 Å². The number of hydrogen-bond acceptors (Lipinski definition) is 3. The van der Waals surface area contributed by atoms with Crippen LogP contribution in [-0.2, 0) is 9.53 Å². The first-order valence-corrected chi connectivity index (χ1v) is 16.5. The second-order valence-electron chi connectivity index (χ2n) is 10.7. The van der Waals surface area contributed by atoms with Gasteiger partial charge in [0.1, 0.15) is 5.78 Å². The van der Waals surface area contributed by atoms with E-state index in [1.807, 2.05) is 69.2 Å². The van der Waals surface area contributed by atoms with E-state index in [2.05, 4.69) is 34.6 Å².